The maximum absolute atomic E-state index is 11.9. The van der Waals surface area contributed by atoms with Gasteiger partial charge in [-0.15, -0.1) is 0 Å². The van der Waals surface area contributed by atoms with Crippen LogP contribution < -0.4 is 5.56 Å². The fourth-order valence-corrected chi connectivity index (χ4v) is 2.38. The van der Waals surface area contributed by atoms with E-state index in [4.69, 9.17) is 0 Å². The van der Waals surface area contributed by atoms with E-state index < -0.39 is 0 Å². The van der Waals surface area contributed by atoms with Gasteiger partial charge >= 0.3 is 0 Å². The van der Waals surface area contributed by atoms with Crippen LogP contribution in [0.15, 0.2) is 16.9 Å². The molecule has 4 heteroatoms. The standard InChI is InChI=1S/C13H15N3O/c17-12-7-9(5-8-1-2-8)6-11-14-13(10-3-4-10)15-16(11)12/h6-8,10H,1-5H2,(H,14,15). The molecular formula is C13H15N3O. The minimum Gasteiger partial charge on any atom is -0.276 e. The largest absolute Gasteiger partial charge is 0.276 e. The number of aromatic amines is 1. The van der Waals surface area contributed by atoms with E-state index in [0.717, 1.165) is 29.4 Å². The Labute approximate surface area is 98.7 Å². The summed E-state index contributed by atoms with van der Waals surface area (Å²) in [5, 5.41) is 3.12. The molecule has 88 valence electrons. The molecule has 17 heavy (non-hydrogen) atoms. The highest BCUT2D eigenvalue weighted by atomic mass is 16.1. The fraction of sp³-hybridized carbons (Fsp3) is 0.538. The van der Waals surface area contributed by atoms with Crippen LogP contribution in [0.1, 0.15) is 43.0 Å². The number of hydrogen-bond acceptors (Lipinski definition) is 2. The first-order valence-electron chi connectivity index (χ1n) is 6.41. The summed E-state index contributed by atoms with van der Waals surface area (Å²) < 4.78 is 1.57. The quantitative estimate of drug-likeness (QED) is 0.873. The molecule has 2 heterocycles. The number of fused-ring (bicyclic) bond motifs is 1. The molecule has 0 saturated heterocycles. The van der Waals surface area contributed by atoms with Crippen LogP contribution in [0.4, 0.5) is 0 Å². The van der Waals surface area contributed by atoms with Crippen LogP contribution in [-0.2, 0) is 6.42 Å². The number of rotatable bonds is 3. The molecule has 4 rings (SSSR count). The summed E-state index contributed by atoms with van der Waals surface area (Å²) >= 11 is 0. The van der Waals surface area contributed by atoms with Gasteiger partial charge < -0.3 is 0 Å². The molecule has 0 bridgehead atoms. The van der Waals surface area contributed by atoms with Crippen molar-refractivity contribution in [2.24, 2.45) is 5.92 Å². The molecule has 0 aromatic carbocycles. The summed E-state index contributed by atoms with van der Waals surface area (Å²) in [7, 11) is 0. The number of pyridine rings is 1. The summed E-state index contributed by atoms with van der Waals surface area (Å²) in [6, 6.07) is 3.81. The van der Waals surface area contributed by atoms with E-state index >= 15 is 0 Å². The molecule has 1 N–H and O–H groups in total. The molecule has 2 aromatic rings. The first-order valence-corrected chi connectivity index (χ1v) is 6.41. The second-order valence-corrected chi connectivity index (χ2v) is 5.43. The van der Waals surface area contributed by atoms with Crippen molar-refractivity contribution in [2.45, 2.75) is 38.0 Å². The van der Waals surface area contributed by atoms with E-state index in [1.165, 1.54) is 25.7 Å². The molecule has 0 atom stereocenters. The zero-order valence-electron chi connectivity index (χ0n) is 9.65. The Morgan fingerprint density at radius 2 is 2.12 bits per heavy atom. The second kappa shape index (κ2) is 3.22. The summed E-state index contributed by atoms with van der Waals surface area (Å²) in [6.07, 6.45) is 6.06. The molecule has 0 aliphatic heterocycles. The van der Waals surface area contributed by atoms with Gasteiger partial charge in [0.2, 0.25) is 0 Å². The van der Waals surface area contributed by atoms with Gasteiger partial charge in [0.25, 0.3) is 5.56 Å². The van der Waals surface area contributed by atoms with E-state index in [1.54, 1.807) is 10.6 Å². The first-order chi connectivity index (χ1) is 8.29. The van der Waals surface area contributed by atoms with Crippen molar-refractivity contribution in [1.82, 2.24) is 14.6 Å². The van der Waals surface area contributed by atoms with Gasteiger partial charge in [-0.3, -0.25) is 9.89 Å². The van der Waals surface area contributed by atoms with Crippen LogP contribution in [0.2, 0.25) is 0 Å². The fourth-order valence-electron chi connectivity index (χ4n) is 2.38. The maximum Gasteiger partial charge on any atom is 0.271 e. The van der Waals surface area contributed by atoms with Crippen LogP contribution in [0.3, 0.4) is 0 Å². The van der Waals surface area contributed by atoms with Crippen LogP contribution in [0.25, 0.3) is 5.65 Å². The smallest absolute Gasteiger partial charge is 0.271 e. The van der Waals surface area contributed by atoms with Crippen LogP contribution in [0.5, 0.6) is 0 Å². The average Bonchev–Trinajstić information content (AvgIpc) is 3.18. The van der Waals surface area contributed by atoms with Crippen molar-refractivity contribution in [1.29, 1.82) is 0 Å². The normalized spacial score (nSPS) is 20.0. The molecule has 2 saturated carbocycles. The lowest BCUT2D eigenvalue weighted by molar-refractivity contribution is 0.815. The SMILES string of the molecule is O=c1cc(CC2CC2)cc2nc(C3CC3)[nH]n12. The first kappa shape index (κ1) is 9.45. The van der Waals surface area contributed by atoms with Crippen molar-refractivity contribution < 1.29 is 0 Å². The van der Waals surface area contributed by atoms with Gasteiger partial charge in [-0.1, -0.05) is 0 Å². The third kappa shape index (κ3) is 1.68. The molecular weight excluding hydrogens is 214 g/mol. The lowest BCUT2D eigenvalue weighted by Crippen LogP contribution is -2.14. The molecule has 2 aliphatic carbocycles. The Hall–Kier alpha value is -1.58. The Balaban J connectivity index is 1.81. The Morgan fingerprint density at radius 1 is 1.29 bits per heavy atom. The van der Waals surface area contributed by atoms with E-state index in [9.17, 15) is 4.79 Å². The highest BCUT2D eigenvalue weighted by molar-refractivity contribution is 5.41. The maximum atomic E-state index is 11.9. The third-order valence-electron chi connectivity index (χ3n) is 3.72. The lowest BCUT2D eigenvalue weighted by atomic mass is 10.1. The van der Waals surface area contributed by atoms with E-state index in [-0.39, 0.29) is 5.56 Å². The van der Waals surface area contributed by atoms with Crippen LogP contribution in [-0.4, -0.2) is 14.6 Å². The summed E-state index contributed by atoms with van der Waals surface area (Å²) in [5.41, 5.74) is 1.96. The summed E-state index contributed by atoms with van der Waals surface area (Å²) in [5.74, 6) is 2.34. The van der Waals surface area contributed by atoms with Gasteiger partial charge in [0, 0.05) is 12.0 Å². The summed E-state index contributed by atoms with van der Waals surface area (Å²) in [6.45, 7) is 0. The molecule has 2 aromatic heterocycles. The Kier molecular flexibility index (Phi) is 1.79. The molecule has 4 nitrogen and oxygen atoms in total. The molecule has 0 amide bonds. The Bertz CT molecular complexity index is 632. The van der Waals surface area contributed by atoms with Crippen molar-refractivity contribution in [2.75, 3.05) is 0 Å². The van der Waals surface area contributed by atoms with Gasteiger partial charge in [-0.05, 0) is 49.7 Å². The zero-order valence-corrected chi connectivity index (χ0v) is 9.65. The molecule has 2 fully saturated rings. The van der Waals surface area contributed by atoms with Crippen LogP contribution in [0, 0.1) is 5.92 Å². The predicted molar refractivity (Wildman–Crippen MR) is 64.2 cm³/mol. The highest BCUT2D eigenvalue weighted by Gasteiger charge is 2.27. The lowest BCUT2D eigenvalue weighted by Gasteiger charge is -1.98. The van der Waals surface area contributed by atoms with E-state index in [0.29, 0.717) is 5.92 Å². The average molecular weight is 229 g/mol. The van der Waals surface area contributed by atoms with Gasteiger partial charge in [-0.25, -0.2) is 9.50 Å². The van der Waals surface area contributed by atoms with Gasteiger partial charge in [-0.2, -0.15) is 0 Å². The molecule has 0 radical (unpaired) electrons. The van der Waals surface area contributed by atoms with Gasteiger partial charge in [0.1, 0.15) is 5.82 Å². The van der Waals surface area contributed by atoms with Crippen molar-refractivity contribution >= 4 is 5.65 Å². The van der Waals surface area contributed by atoms with Crippen LogP contribution >= 0.6 is 0 Å². The second-order valence-electron chi connectivity index (χ2n) is 5.43. The van der Waals surface area contributed by atoms with Gasteiger partial charge in [0.05, 0.1) is 0 Å². The minimum absolute atomic E-state index is 0.0255. The molecule has 0 unspecified atom stereocenters. The van der Waals surface area contributed by atoms with Crippen molar-refractivity contribution in [3.63, 3.8) is 0 Å². The predicted octanol–water partition coefficient (Wildman–Crippen LogP) is 1.85. The monoisotopic (exact) mass is 229 g/mol. The van der Waals surface area contributed by atoms with Crippen molar-refractivity contribution in [3.8, 4) is 0 Å². The number of nitrogens with zero attached hydrogens (tertiary/aromatic N) is 2. The third-order valence-corrected chi connectivity index (χ3v) is 3.72. The number of H-pyrrole nitrogens is 1. The number of nitrogens with one attached hydrogen (secondary N) is 1. The topological polar surface area (TPSA) is 50.2 Å². The highest BCUT2D eigenvalue weighted by Crippen LogP contribution is 2.38. The van der Waals surface area contributed by atoms with E-state index in [2.05, 4.69) is 16.1 Å². The molecule has 2 aliphatic rings. The zero-order chi connectivity index (χ0) is 11.4. The van der Waals surface area contributed by atoms with E-state index in [1.807, 2.05) is 0 Å². The Morgan fingerprint density at radius 3 is 2.82 bits per heavy atom. The number of aromatic nitrogens is 3. The van der Waals surface area contributed by atoms with Gasteiger partial charge in [0.15, 0.2) is 5.65 Å². The molecule has 0 spiro atoms. The van der Waals surface area contributed by atoms with Crippen molar-refractivity contribution in [3.05, 3.63) is 33.9 Å². The summed E-state index contributed by atoms with van der Waals surface area (Å²) in [4.78, 5) is 16.5. The minimum atomic E-state index is 0.0255. The number of hydrogen-bond donors (Lipinski definition) is 1.